The lowest BCUT2D eigenvalue weighted by atomic mass is 9.82. The average Bonchev–Trinajstić information content (AvgIpc) is 2.82. The molecule has 1 saturated carbocycles. The van der Waals surface area contributed by atoms with Crippen molar-refractivity contribution in [3.8, 4) is 0 Å². The topological polar surface area (TPSA) is 20.3 Å². The highest BCUT2D eigenvalue weighted by Gasteiger charge is 2.37. The first-order valence-corrected chi connectivity index (χ1v) is 7.28. The molecule has 102 valence electrons. The van der Waals surface area contributed by atoms with Crippen molar-refractivity contribution in [3.63, 3.8) is 0 Å². The number of likely N-dealkylation sites (tertiary alicyclic amines) is 1. The van der Waals surface area contributed by atoms with E-state index in [0.717, 1.165) is 13.1 Å². The van der Waals surface area contributed by atoms with E-state index >= 15 is 0 Å². The lowest BCUT2D eigenvalue weighted by molar-refractivity contribution is 0.0779. The minimum Gasteiger partial charge on any atom is -0.338 e. The standard InChI is InChI=1S/C15H17ClFNO/c16-12-6-3-7-13(17)14(12)15(19)18-8-10-4-1-2-5-11(10)9-18/h3,6-7,10-11H,1-2,4-5,8-9H2. The van der Waals surface area contributed by atoms with Crippen LogP contribution in [-0.4, -0.2) is 23.9 Å². The predicted molar refractivity (Wildman–Crippen MR) is 72.8 cm³/mol. The number of amides is 1. The lowest BCUT2D eigenvalue weighted by Gasteiger charge is -2.22. The summed E-state index contributed by atoms with van der Waals surface area (Å²) in [7, 11) is 0. The zero-order valence-corrected chi connectivity index (χ0v) is 11.5. The summed E-state index contributed by atoms with van der Waals surface area (Å²) in [5.41, 5.74) is 0.0304. The Balaban J connectivity index is 1.81. The number of halogens is 2. The number of carbonyl (C=O) groups excluding carboxylic acids is 1. The van der Waals surface area contributed by atoms with E-state index in [1.165, 1.54) is 37.8 Å². The van der Waals surface area contributed by atoms with Crippen LogP contribution in [0.3, 0.4) is 0 Å². The highest BCUT2D eigenvalue weighted by atomic mass is 35.5. The molecule has 0 N–H and O–H groups in total. The molecule has 0 radical (unpaired) electrons. The van der Waals surface area contributed by atoms with Gasteiger partial charge in [0.15, 0.2) is 0 Å². The van der Waals surface area contributed by atoms with Crippen LogP contribution in [0, 0.1) is 17.7 Å². The van der Waals surface area contributed by atoms with Crippen LogP contribution >= 0.6 is 11.6 Å². The molecule has 3 rings (SSSR count). The maximum Gasteiger partial charge on any atom is 0.258 e. The average molecular weight is 282 g/mol. The Morgan fingerprint density at radius 1 is 1.21 bits per heavy atom. The molecule has 19 heavy (non-hydrogen) atoms. The first-order chi connectivity index (χ1) is 9.16. The molecule has 1 aliphatic carbocycles. The van der Waals surface area contributed by atoms with Crippen LogP contribution in [0.1, 0.15) is 36.0 Å². The summed E-state index contributed by atoms with van der Waals surface area (Å²) in [5.74, 6) is 0.427. The van der Waals surface area contributed by atoms with Gasteiger partial charge < -0.3 is 4.90 Å². The van der Waals surface area contributed by atoms with Gasteiger partial charge in [0.1, 0.15) is 5.82 Å². The SMILES string of the molecule is O=C(c1c(F)cccc1Cl)N1CC2CCCCC2C1. The second kappa shape index (κ2) is 5.12. The highest BCUT2D eigenvalue weighted by Crippen LogP contribution is 2.37. The third-order valence-corrected chi connectivity index (χ3v) is 4.76. The van der Waals surface area contributed by atoms with Crippen LogP contribution in [0.25, 0.3) is 0 Å². The van der Waals surface area contributed by atoms with Gasteiger partial charge in [-0.05, 0) is 36.8 Å². The van der Waals surface area contributed by atoms with Gasteiger partial charge >= 0.3 is 0 Å². The largest absolute Gasteiger partial charge is 0.338 e. The van der Waals surface area contributed by atoms with Crippen LogP contribution in [0.15, 0.2) is 18.2 Å². The number of rotatable bonds is 1. The Kier molecular flexibility index (Phi) is 3.48. The smallest absolute Gasteiger partial charge is 0.258 e. The molecule has 4 heteroatoms. The fourth-order valence-electron chi connectivity index (χ4n) is 3.43. The molecule has 1 aliphatic heterocycles. The lowest BCUT2D eigenvalue weighted by Crippen LogP contribution is -2.30. The van der Waals surface area contributed by atoms with E-state index in [1.54, 1.807) is 11.0 Å². The molecular formula is C15H17ClFNO. The summed E-state index contributed by atoms with van der Waals surface area (Å²) in [6.07, 6.45) is 4.90. The summed E-state index contributed by atoms with van der Waals surface area (Å²) in [4.78, 5) is 14.2. The van der Waals surface area contributed by atoms with Crippen molar-refractivity contribution < 1.29 is 9.18 Å². The van der Waals surface area contributed by atoms with Gasteiger partial charge in [0.25, 0.3) is 5.91 Å². The van der Waals surface area contributed by atoms with Crippen LogP contribution < -0.4 is 0 Å². The molecule has 1 saturated heterocycles. The summed E-state index contributed by atoms with van der Waals surface area (Å²) < 4.78 is 13.8. The second-order valence-electron chi connectivity index (χ2n) is 5.61. The maximum atomic E-state index is 13.8. The van der Waals surface area contributed by atoms with Crippen LogP contribution in [0.4, 0.5) is 4.39 Å². The van der Waals surface area contributed by atoms with Crippen molar-refractivity contribution in [2.24, 2.45) is 11.8 Å². The van der Waals surface area contributed by atoms with E-state index in [0.29, 0.717) is 11.8 Å². The monoisotopic (exact) mass is 281 g/mol. The van der Waals surface area contributed by atoms with Crippen molar-refractivity contribution in [3.05, 3.63) is 34.6 Å². The van der Waals surface area contributed by atoms with Crippen molar-refractivity contribution in [1.29, 1.82) is 0 Å². The van der Waals surface area contributed by atoms with E-state index in [9.17, 15) is 9.18 Å². The van der Waals surface area contributed by atoms with Crippen LogP contribution in [-0.2, 0) is 0 Å². The summed E-state index contributed by atoms with van der Waals surface area (Å²) in [5, 5.41) is 0.208. The fraction of sp³-hybridized carbons (Fsp3) is 0.533. The quantitative estimate of drug-likeness (QED) is 0.768. The van der Waals surface area contributed by atoms with Crippen LogP contribution in [0.2, 0.25) is 5.02 Å². The van der Waals surface area contributed by atoms with Crippen molar-refractivity contribution in [2.45, 2.75) is 25.7 Å². The highest BCUT2D eigenvalue weighted by molar-refractivity contribution is 6.33. The molecule has 1 heterocycles. The van der Waals surface area contributed by atoms with Gasteiger partial charge in [-0.3, -0.25) is 4.79 Å². The van der Waals surface area contributed by atoms with Gasteiger partial charge in [-0.25, -0.2) is 4.39 Å². The molecule has 0 aromatic heterocycles. The normalized spacial score (nSPS) is 26.3. The van der Waals surface area contributed by atoms with E-state index in [-0.39, 0.29) is 16.5 Å². The van der Waals surface area contributed by atoms with E-state index in [2.05, 4.69) is 0 Å². The molecule has 2 atom stereocenters. The fourth-order valence-corrected chi connectivity index (χ4v) is 3.68. The summed E-state index contributed by atoms with van der Waals surface area (Å²) in [6, 6.07) is 4.39. The van der Waals surface area contributed by atoms with Crippen molar-refractivity contribution in [1.82, 2.24) is 4.90 Å². The Hall–Kier alpha value is -1.09. The number of hydrogen-bond donors (Lipinski definition) is 0. The summed E-state index contributed by atoms with van der Waals surface area (Å²) >= 11 is 5.97. The molecule has 1 aromatic carbocycles. The number of nitrogens with zero attached hydrogens (tertiary/aromatic N) is 1. The first kappa shape index (κ1) is 12.9. The Morgan fingerprint density at radius 3 is 2.42 bits per heavy atom. The van der Waals surface area contributed by atoms with Gasteiger partial charge in [0.2, 0.25) is 0 Å². The molecule has 0 spiro atoms. The van der Waals surface area contributed by atoms with E-state index in [4.69, 9.17) is 11.6 Å². The van der Waals surface area contributed by atoms with Gasteiger partial charge in [0, 0.05) is 13.1 Å². The molecule has 0 bridgehead atoms. The maximum absolute atomic E-state index is 13.8. The molecular weight excluding hydrogens is 265 g/mol. The minimum atomic E-state index is -0.521. The van der Waals surface area contributed by atoms with Gasteiger partial charge in [-0.2, -0.15) is 0 Å². The predicted octanol–water partition coefficient (Wildman–Crippen LogP) is 3.74. The van der Waals surface area contributed by atoms with E-state index in [1.807, 2.05) is 0 Å². The molecule has 1 aromatic rings. The minimum absolute atomic E-state index is 0.0304. The Bertz CT molecular complexity index is 471. The Labute approximate surface area is 117 Å². The molecule has 2 fully saturated rings. The Morgan fingerprint density at radius 2 is 1.84 bits per heavy atom. The second-order valence-corrected chi connectivity index (χ2v) is 6.02. The van der Waals surface area contributed by atoms with Gasteiger partial charge in [-0.1, -0.05) is 30.5 Å². The zero-order chi connectivity index (χ0) is 13.4. The first-order valence-electron chi connectivity index (χ1n) is 6.90. The third kappa shape index (κ3) is 2.36. The number of fused-ring (bicyclic) bond motifs is 1. The molecule has 2 aliphatic rings. The van der Waals surface area contributed by atoms with Gasteiger partial charge in [0.05, 0.1) is 10.6 Å². The number of carbonyl (C=O) groups is 1. The van der Waals surface area contributed by atoms with Crippen molar-refractivity contribution >= 4 is 17.5 Å². The molecule has 2 nitrogen and oxygen atoms in total. The van der Waals surface area contributed by atoms with E-state index < -0.39 is 5.82 Å². The van der Waals surface area contributed by atoms with Crippen molar-refractivity contribution in [2.75, 3.05) is 13.1 Å². The zero-order valence-electron chi connectivity index (χ0n) is 10.7. The van der Waals surface area contributed by atoms with Gasteiger partial charge in [-0.15, -0.1) is 0 Å². The van der Waals surface area contributed by atoms with Crippen LogP contribution in [0.5, 0.6) is 0 Å². The summed E-state index contributed by atoms with van der Waals surface area (Å²) in [6.45, 7) is 1.52. The molecule has 2 unspecified atom stereocenters. The number of hydrogen-bond acceptors (Lipinski definition) is 1. The molecule has 1 amide bonds. The number of benzene rings is 1. The third-order valence-electron chi connectivity index (χ3n) is 4.44.